The number of nitrogens with one attached hydrogen (secondary N) is 2. The molecule has 0 saturated carbocycles. The van der Waals surface area contributed by atoms with Crippen LogP contribution < -0.4 is 15.4 Å². The third-order valence-electron chi connectivity index (χ3n) is 3.66. The summed E-state index contributed by atoms with van der Waals surface area (Å²) in [7, 11) is 1.62. The summed E-state index contributed by atoms with van der Waals surface area (Å²) in [6, 6.07) is 17.4. The number of carbonyl (C=O) groups is 1. The number of nitrogens with zero attached hydrogens (tertiary/aromatic N) is 1. The molecule has 0 aromatic heterocycles. The minimum absolute atomic E-state index is 0.0507. The average Bonchev–Trinajstić information content (AvgIpc) is 2.66. The highest BCUT2D eigenvalue weighted by molar-refractivity contribution is 9.10. The van der Waals surface area contributed by atoms with Gasteiger partial charge in [0.15, 0.2) is 0 Å². The van der Waals surface area contributed by atoms with Crippen LogP contribution in [0, 0.1) is 11.3 Å². The van der Waals surface area contributed by atoms with Gasteiger partial charge in [-0.25, -0.2) is 0 Å². The molecule has 0 aliphatic rings. The molecule has 0 aliphatic heterocycles. The first-order valence-electron chi connectivity index (χ1n) is 8.11. The number of hydrogen-bond donors (Lipinski definition) is 2. The van der Waals surface area contributed by atoms with Crippen molar-refractivity contribution in [2.45, 2.75) is 13.0 Å². The number of ether oxygens (including phenoxy) is 1. The van der Waals surface area contributed by atoms with E-state index in [1.54, 1.807) is 7.11 Å². The second-order valence-electron chi connectivity index (χ2n) is 5.53. The zero-order chi connectivity index (χ0) is 18.8. The number of rotatable bonds is 8. The predicted molar refractivity (Wildman–Crippen MR) is 104 cm³/mol. The molecule has 0 fully saturated rings. The van der Waals surface area contributed by atoms with E-state index in [4.69, 9.17) is 4.74 Å². The van der Waals surface area contributed by atoms with Gasteiger partial charge in [-0.2, -0.15) is 5.26 Å². The Bertz CT molecular complexity index is 811. The summed E-state index contributed by atoms with van der Waals surface area (Å²) in [5, 5.41) is 14.9. The van der Waals surface area contributed by atoms with E-state index in [0.29, 0.717) is 19.5 Å². The van der Waals surface area contributed by atoms with Crippen molar-refractivity contribution in [3.05, 3.63) is 75.9 Å². The normalized spacial score (nSPS) is 10.7. The van der Waals surface area contributed by atoms with Gasteiger partial charge in [-0.05, 0) is 41.8 Å². The number of amides is 1. The van der Waals surface area contributed by atoms with Crippen molar-refractivity contribution < 1.29 is 9.53 Å². The van der Waals surface area contributed by atoms with Crippen molar-refractivity contribution in [1.82, 2.24) is 10.6 Å². The molecule has 0 saturated heterocycles. The van der Waals surface area contributed by atoms with Crippen LogP contribution in [0.4, 0.5) is 0 Å². The number of halogens is 1. The van der Waals surface area contributed by atoms with Gasteiger partial charge in [-0.15, -0.1) is 0 Å². The van der Waals surface area contributed by atoms with Crippen LogP contribution in [-0.2, 0) is 17.8 Å². The maximum Gasteiger partial charge on any atom is 0.263 e. The highest BCUT2D eigenvalue weighted by Crippen LogP contribution is 2.12. The fourth-order valence-electron chi connectivity index (χ4n) is 2.27. The summed E-state index contributed by atoms with van der Waals surface area (Å²) < 4.78 is 6.09. The Morgan fingerprint density at radius 3 is 2.65 bits per heavy atom. The number of benzene rings is 2. The summed E-state index contributed by atoms with van der Waals surface area (Å²) >= 11 is 3.41. The Morgan fingerprint density at radius 1 is 1.23 bits per heavy atom. The summed E-state index contributed by atoms with van der Waals surface area (Å²) in [4.78, 5) is 12.1. The Labute approximate surface area is 161 Å². The molecule has 5 nitrogen and oxygen atoms in total. The van der Waals surface area contributed by atoms with E-state index in [1.165, 1.54) is 6.20 Å². The molecule has 1 amide bonds. The van der Waals surface area contributed by atoms with Crippen LogP contribution in [0.5, 0.6) is 5.75 Å². The second-order valence-corrected chi connectivity index (χ2v) is 6.45. The van der Waals surface area contributed by atoms with Gasteiger partial charge >= 0.3 is 0 Å². The lowest BCUT2D eigenvalue weighted by Crippen LogP contribution is -2.27. The monoisotopic (exact) mass is 413 g/mol. The summed E-state index contributed by atoms with van der Waals surface area (Å²) in [6.45, 7) is 0.986. The first-order valence-corrected chi connectivity index (χ1v) is 8.91. The van der Waals surface area contributed by atoms with Crippen LogP contribution in [0.1, 0.15) is 11.1 Å². The Hall–Kier alpha value is -2.78. The van der Waals surface area contributed by atoms with Gasteiger partial charge in [-0.1, -0.05) is 40.2 Å². The summed E-state index contributed by atoms with van der Waals surface area (Å²) in [5.74, 6) is 0.409. The molecule has 0 radical (unpaired) electrons. The topological polar surface area (TPSA) is 74.1 Å². The van der Waals surface area contributed by atoms with Crippen LogP contribution in [0.2, 0.25) is 0 Å². The van der Waals surface area contributed by atoms with E-state index in [0.717, 1.165) is 21.3 Å². The molecule has 0 heterocycles. The summed E-state index contributed by atoms with van der Waals surface area (Å²) in [6.07, 6.45) is 2.13. The molecule has 0 bridgehead atoms. The zero-order valence-corrected chi connectivity index (χ0v) is 16.0. The molecule has 2 N–H and O–H groups in total. The third-order valence-corrected chi connectivity index (χ3v) is 4.16. The van der Waals surface area contributed by atoms with Crippen molar-refractivity contribution in [2.75, 3.05) is 13.7 Å². The van der Waals surface area contributed by atoms with E-state index < -0.39 is 0 Å². The van der Waals surface area contributed by atoms with Crippen molar-refractivity contribution in [3.63, 3.8) is 0 Å². The minimum Gasteiger partial charge on any atom is -0.497 e. The van der Waals surface area contributed by atoms with Gasteiger partial charge in [0.05, 0.1) is 7.11 Å². The molecule has 0 aliphatic carbocycles. The Balaban J connectivity index is 1.80. The summed E-state index contributed by atoms with van der Waals surface area (Å²) in [5.41, 5.74) is 2.18. The van der Waals surface area contributed by atoms with E-state index in [2.05, 4.69) is 26.6 Å². The van der Waals surface area contributed by atoms with Crippen LogP contribution in [-0.4, -0.2) is 19.6 Å². The van der Waals surface area contributed by atoms with Crippen LogP contribution in [0.3, 0.4) is 0 Å². The molecule has 0 unspecified atom stereocenters. The van der Waals surface area contributed by atoms with Crippen molar-refractivity contribution in [3.8, 4) is 11.8 Å². The number of methoxy groups -OCH3 is 1. The smallest absolute Gasteiger partial charge is 0.263 e. The lowest BCUT2D eigenvalue weighted by molar-refractivity contribution is -0.117. The molecule has 0 spiro atoms. The maximum atomic E-state index is 12.1. The Kier molecular flexibility index (Phi) is 7.72. The fourth-order valence-corrected chi connectivity index (χ4v) is 2.72. The molecule has 2 rings (SSSR count). The van der Waals surface area contributed by atoms with E-state index >= 15 is 0 Å². The molecule has 134 valence electrons. The Morgan fingerprint density at radius 2 is 2.00 bits per heavy atom. The lowest BCUT2D eigenvalue weighted by Gasteiger charge is -2.06. The predicted octanol–water partition coefficient (Wildman–Crippen LogP) is 3.31. The standard InChI is InChI=1S/C20H20BrN3O2/c1-26-19-7-5-15(6-8-19)9-10-24-20(25)17(12-22)14-23-13-16-3-2-4-18(21)11-16/h2-8,11,14,23H,9-10,13H2,1H3,(H,24,25)/b17-14-. The highest BCUT2D eigenvalue weighted by atomic mass is 79.9. The molecule has 2 aromatic rings. The van der Waals surface area contributed by atoms with E-state index in [1.807, 2.05) is 54.6 Å². The van der Waals surface area contributed by atoms with Crippen LogP contribution in [0.15, 0.2) is 64.8 Å². The van der Waals surface area contributed by atoms with Crippen molar-refractivity contribution >= 4 is 21.8 Å². The minimum atomic E-state index is -0.386. The first kappa shape index (κ1) is 19.5. The quantitative estimate of drug-likeness (QED) is 0.514. The molecule has 2 aromatic carbocycles. The third kappa shape index (κ3) is 6.26. The van der Waals surface area contributed by atoms with Gasteiger partial charge in [0.1, 0.15) is 17.4 Å². The highest BCUT2D eigenvalue weighted by Gasteiger charge is 2.08. The van der Waals surface area contributed by atoms with Gasteiger partial charge in [0.2, 0.25) is 0 Å². The van der Waals surface area contributed by atoms with Crippen LogP contribution in [0.25, 0.3) is 0 Å². The molecule has 0 atom stereocenters. The fraction of sp³-hybridized carbons (Fsp3) is 0.200. The SMILES string of the molecule is COc1ccc(CCNC(=O)/C(C#N)=C\NCc2cccc(Br)c2)cc1. The largest absolute Gasteiger partial charge is 0.497 e. The second kappa shape index (κ2) is 10.3. The van der Waals surface area contributed by atoms with Gasteiger partial charge in [-0.3, -0.25) is 4.79 Å². The molecule has 26 heavy (non-hydrogen) atoms. The van der Waals surface area contributed by atoms with E-state index in [9.17, 15) is 10.1 Å². The maximum absolute atomic E-state index is 12.1. The molecular weight excluding hydrogens is 394 g/mol. The zero-order valence-electron chi connectivity index (χ0n) is 14.5. The lowest BCUT2D eigenvalue weighted by atomic mass is 10.1. The van der Waals surface area contributed by atoms with E-state index in [-0.39, 0.29) is 11.5 Å². The van der Waals surface area contributed by atoms with Crippen molar-refractivity contribution in [2.24, 2.45) is 0 Å². The first-order chi connectivity index (χ1) is 12.6. The average molecular weight is 414 g/mol. The number of nitriles is 1. The van der Waals surface area contributed by atoms with Gasteiger partial charge in [0.25, 0.3) is 5.91 Å². The van der Waals surface area contributed by atoms with Gasteiger partial charge < -0.3 is 15.4 Å². The van der Waals surface area contributed by atoms with Crippen molar-refractivity contribution in [1.29, 1.82) is 5.26 Å². The number of hydrogen-bond acceptors (Lipinski definition) is 4. The van der Waals surface area contributed by atoms with Gasteiger partial charge in [0, 0.05) is 23.8 Å². The van der Waals surface area contributed by atoms with Crippen LogP contribution >= 0.6 is 15.9 Å². The molecular formula is C20H20BrN3O2. The number of carbonyl (C=O) groups excluding carboxylic acids is 1. The molecule has 6 heteroatoms.